The van der Waals surface area contributed by atoms with Crippen LogP contribution in [0.3, 0.4) is 0 Å². The number of aromatic nitrogens is 1. The van der Waals surface area contributed by atoms with Gasteiger partial charge in [-0.2, -0.15) is 0 Å². The second kappa shape index (κ2) is 3.70. The average Bonchev–Trinajstić information content (AvgIpc) is 2.70. The van der Waals surface area contributed by atoms with Crippen molar-refractivity contribution in [2.75, 3.05) is 0 Å². The average molecular weight is 243 g/mol. The molecule has 18 heavy (non-hydrogen) atoms. The minimum absolute atomic E-state index is 0.0391. The molecule has 3 rings (SSSR count). The van der Waals surface area contributed by atoms with Gasteiger partial charge in [-0.05, 0) is 18.1 Å². The molecule has 0 unspecified atom stereocenters. The van der Waals surface area contributed by atoms with Crippen LogP contribution >= 0.6 is 0 Å². The number of hydrogen-bond donors (Lipinski definition) is 2. The Morgan fingerprint density at radius 2 is 2.06 bits per heavy atom. The molecule has 2 aromatic rings. The summed E-state index contributed by atoms with van der Waals surface area (Å²) in [6, 6.07) is 7.79. The van der Waals surface area contributed by atoms with E-state index in [1.165, 1.54) is 0 Å². The molecule has 4 heteroatoms. The number of H-pyrrole nitrogens is 1. The van der Waals surface area contributed by atoms with Crippen molar-refractivity contribution in [3.63, 3.8) is 0 Å². The molecule has 1 saturated carbocycles. The van der Waals surface area contributed by atoms with Crippen LogP contribution in [-0.2, 0) is 16.0 Å². The van der Waals surface area contributed by atoms with Gasteiger partial charge in [0.15, 0.2) is 0 Å². The molecule has 0 atom stereocenters. The molecule has 1 fully saturated rings. The predicted molar refractivity (Wildman–Crippen MR) is 66.3 cm³/mol. The summed E-state index contributed by atoms with van der Waals surface area (Å²) < 4.78 is 0. The van der Waals surface area contributed by atoms with Gasteiger partial charge in [-0.15, -0.1) is 0 Å². The Hall–Kier alpha value is -2.10. The van der Waals surface area contributed by atoms with Crippen LogP contribution in [0.4, 0.5) is 0 Å². The maximum Gasteiger partial charge on any atom is 0.310 e. The zero-order valence-electron chi connectivity index (χ0n) is 9.77. The highest BCUT2D eigenvalue weighted by molar-refractivity contribution is 5.97. The van der Waals surface area contributed by atoms with E-state index in [4.69, 9.17) is 0 Å². The second-order valence-electron chi connectivity index (χ2n) is 5.01. The van der Waals surface area contributed by atoms with Gasteiger partial charge in [-0.1, -0.05) is 18.2 Å². The van der Waals surface area contributed by atoms with E-state index in [-0.39, 0.29) is 18.6 Å². The van der Waals surface area contributed by atoms with Crippen LogP contribution in [0.25, 0.3) is 10.9 Å². The molecule has 92 valence electrons. The molecule has 0 radical (unpaired) electrons. The van der Waals surface area contributed by atoms with Gasteiger partial charge in [0.1, 0.15) is 5.78 Å². The van der Waals surface area contributed by atoms with Gasteiger partial charge in [0.2, 0.25) is 0 Å². The van der Waals surface area contributed by atoms with E-state index in [2.05, 4.69) is 4.98 Å². The summed E-state index contributed by atoms with van der Waals surface area (Å²) >= 11 is 0. The molecule has 1 aromatic carbocycles. The van der Waals surface area contributed by atoms with Gasteiger partial charge in [0.05, 0.1) is 5.41 Å². The molecule has 0 amide bonds. The number of benzene rings is 1. The number of rotatable bonds is 3. The molecular formula is C14H13NO3. The van der Waals surface area contributed by atoms with Crippen LogP contribution in [0, 0.1) is 5.41 Å². The number of hydrogen-bond acceptors (Lipinski definition) is 2. The molecule has 0 spiro atoms. The van der Waals surface area contributed by atoms with E-state index in [0.717, 1.165) is 16.5 Å². The van der Waals surface area contributed by atoms with E-state index < -0.39 is 11.4 Å². The van der Waals surface area contributed by atoms with Crippen molar-refractivity contribution in [1.82, 2.24) is 4.98 Å². The number of ketones is 1. The number of carboxylic acids is 1. The molecule has 1 aliphatic rings. The van der Waals surface area contributed by atoms with Crippen LogP contribution in [0.1, 0.15) is 18.4 Å². The minimum Gasteiger partial charge on any atom is -0.481 e. The first-order valence-corrected chi connectivity index (χ1v) is 5.91. The number of Topliss-reactive ketones (excluding diaryl/α,β-unsaturated/α-hetero) is 1. The third kappa shape index (κ3) is 1.53. The maximum absolute atomic E-state index is 11.3. The van der Waals surface area contributed by atoms with Gasteiger partial charge in [0, 0.05) is 29.9 Å². The van der Waals surface area contributed by atoms with Gasteiger partial charge >= 0.3 is 5.97 Å². The number of carboxylic acid groups (broad SMARTS) is 1. The monoisotopic (exact) mass is 243 g/mol. The van der Waals surface area contributed by atoms with E-state index in [1.807, 2.05) is 30.5 Å². The van der Waals surface area contributed by atoms with E-state index >= 15 is 0 Å². The van der Waals surface area contributed by atoms with Crippen molar-refractivity contribution < 1.29 is 14.7 Å². The van der Waals surface area contributed by atoms with E-state index in [0.29, 0.717) is 6.42 Å². The number of aromatic amines is 1. The van der Waals surface area contributed by atoms with Gasteiger partial charge in [-0.25, -0.2) is 0 Å². The summed E-state index contributed by atoms with van der Waals surface area (Å²) in [5.74, 6) is -0.829. The Morgan fingerprint density at radius 1 is 1.33 bits per heavy atom. The first kappa shape index (κ1) is 11.0. The summed E-state index contributed by atoms with van der Waals surface area (Å²) in [6.07, 6.45) is 2.57. The van der Waals surface area contributed by atoms with Crippen LogP contribution in [0.5, 0.6) is 0 Å². The lowest BCUT2D eigenvalue weighted by Crippen LogP contribution is -2.45. The SMILES string of the molecule is O=C1CC(Cc2c[nH]c3ccccc23)(C(=O)O)C1. The smallest absolute Gasteiger partial charge is 0.310 e. The third-order valence-electron chi connectivity index (χ3n) is 3.73. The van der Waals surface area contributed by atoms with Crippen LogP contribution in [-0.4, -0.2) is 21.8 Å². The fourth-order valence-electron chi connectivity index (χ4n) is 2.70. The van der Waals surface area contributed by atoms with Crippen molar-refractivity contribution in [3.8, 4) is 0 Å². The number of carbonyl (C=O) groups is 2. The van der Waals surface area contributed by atoms with Crippen molar-refractivity contribution in [2.24, 2.45) is 5.41 Å². The molecule has 1 aromatic heterocycles. The normalized spacial score (nSPS) is 17.7. The third-order valence-corrected chi connectivity index (χ3v) is 3.73. The fourth-order valence-corrected chi connectivity index (χ4v) is 2.70. The topological polar surface area (TPSA) is 70.2 Å². The second-order valence-corrected chi connectivity index (χ2v) is 5.01. The largest absolute Gasteiger partial charge is 0.481 e. The van der Waals surface area contributed by atoms with Gasteiger partial charge < -0.3 is 10.1 Å². The van der Waals surface area contributed by atoms with Crippen molar-refractivity contribution in [3.05, 3.63) is 36.0 Å². The highest BCUT2D eigenvalue weighted by Gasteiger charge is 2.50. The van der Waals surface area contributed by atoms with Gasteiger partial charge in [0.25, 0.3) is 0 Å². The standard InChI is InChI=1S/C14H13NO3/c16-10-6-14(7-10,13(17)18)5-9-8-15-12-4-2-1-3-11(9)12/h1-4,8,15H,5-7H2,(H,17,18). The first-order chi connectivity index (χ1) is 8.61. The van der Waals surface area contributed by atoms with Gasteiger partial charge in [-0.3, -0.25) is 9.59 Å². The molecule has 1 heterocycles. The van der Waals surface area contributed by atoms with Crippen LogP contribution in [0.15, 0.2) is 30.5 Å². The van der Waals surface area contributed by atoms with Crippen molar-refractivity contribution >= 4 is 22.7 Å². The summed E-state index contributed by atoms with van der Waals surface area (Å²) in [5, 5.41) is 10.3. The quantitative estimate of drug-likeness (QED) is 0.867. The molecule has 0 aliphatic heterocycles. The summed E-state index contributed by atoms with van der Waals surface area (Å²) in [6.45, 7) is 0. The Morgan fingerprint density at radius 3 is 2.72 bits per heavy atom. The molecule has 4 nitrogen and oxygen atoms in total. The Kier molecular flexibility index (Phi) is 2.26. The lowest BCUT2D eigenvalue weighted by molar-refractivity contribution is -0.160. The Balaban J connectivity index is 1.96. The zero-order chi connectivity index (χ0) is 12.8. The number of aliphatic carboxylic acids is 1. The van der Waals surface area contributed by atoms with Crippen molar-refractivity contribution in [2.45, 2.75) is 19.3 Å². The zero-order valence-corrected chi connectivity index (χ0v) is 9.77. The molecule has 1 aliphatic carbocycles. The molecule has 0 bridgehead atoms. The highest BCUT2D eigenvalue weighted by atomic mass is 16.4. The van der Waals surface area contributed by atoms with Crippen LogP contribution in [0.2, 0.25) is 0 Å². The Labute approximate surface area is 104 Å². The molecular weight excluding hydrogens is 230 g/mol. The van der Waals surface area contributed by atoms with E-state index in [9.17, 15) is 14.7 Å². The summed E-state index contributed by atoms with van der Waals surface area (Å²) in [5.41, 5.74) is 1.08. The van der Waals surface area contributed by atoms with Crippen LogP contribution < -0.4 is 0 Å². The Bertz CT molecular complexity index is 633. The first-order valence-electron chi connectivity index (χ1n) is 5.91. The fraction of sp³-hybridized carbons (Fsp3) is 0.286. The number of fused-ring (bicyclic) bond motifs is 1. The maximum atomic E-state index is 11.3. The van der Waals surface area contributed by atoms with Crippen molar-refractivity contribution in [1.29, 1.82) is 0 Å². The number of carbonyl (C=O) groups excluding carboxylic acids is 1. The lowest BCUT2D eigenvalue weighted by Gasteiger charge is -2.36. The summed E-state index contributed by atoms with van der Waals surface area (Å²) in [7, 11) is 0. The summed E-state index contributed by atoms with van der Waals surface area (Å²) in [4.78, 5) is 25.6. The number of para-hydroxylation sites is 1. The number of nitrogens with one attached hydrogen (secondary N) is 1. The molecule has 0 saturated heterocycles. The molecule has 2 N–H and O–H groups in total. The minimum atomic E-state index is -0.887. The predicted octanol–water partition coefficient (Wildman–Crippen LogP) is 2.14. The lowest BCUT2D eigenvalue weighted by atomic mass is 9.64. The van der Waals surface area contributed by atoms with E-state index in [1.54, 1.807) is 0 Å². The highest BCUT2D eigenvalue weighted by Crippen LogP contribution is 2.42.